The lowest BCUT2D eigenvalue weighted by Gasteiger charge is -2.14. The van der Waals surface area contributed by atoms with Gasteiger partial charge in [-0.15, -0.1) is 0 Å². The van der Waals surface area contributed by atoms with Gasteiger partial charge < -0.3 is 9.47 Å². The fourth-order valence-corrected chi connectivity index (χ4v) is 5.13. The van der Waals surface area contributed by atoms with Crippen molar-refractivity contribution >= 4 is 9.84 Å². The molecule has 4 aromatic carbocycles. The van der Waals surface area contributed by atoms with Gasteiger partial charge in [0.2, 0.25) is 9.84 Å². The van der Waals surface area contributed by atoms with E-state index in [1.807, 2.05) is 72.8 Å². The summed E-state index contributed by atoms with van der Waals surface area (Å²) in [5.41, 5.74) is 4.12. The second-order valence-corrected chi connectivity index (χ2v) is 9.73. The molecule has 0 saturated heterocycles. The number of ether oxygens (including phenoxy) is 2. The van der Waals surface area contributed by atoms with Crippen LogP contribution in [-0.4, -0.2) is 22.6 Å². The van der Waals surface area contributed by atoms with Gasteiger partial charge in [-0.3, -0.25) is 0 Å². The Balaban J connectivity index is 1.64. The zero-order valence-electron chi connectivity index (χ0n) is 18.7. The zero-order valence-corrected chi connectivity index (χ0v) is 19.5. The lowest BCUT2D eigenvalue weighted by molar-refractivity contribution is 0.408. The number of rotatable bonds is 8. The van der Waals surface area contributed by atoms with Crippen molar-refractivity contribution in [2.75, 3.05) is 14.2 Å². The van der Waals surface area contributed by atoms with Crippen molar-refractivity contribution in [3.05, 3.63) is 119 Å². The SMILES string of the molecule is COc1cc(S(=O)(=O)c2ccc(Cc3ccccc3)c(OC)c2)ccc1Cc1ccccc1. The standard InChI is InChI=1S/C28H26O4S/c1-31-27-19-25(15-13-23(27)17-21-9-5-3-6-10-21)33(29,30)26-16-14-24(28(20-26)32-2)18-22-11-7-4-8-12-22/h3-16,19-20H,17-18H2,1-2H3. The third kappa shape index (κ3) is 5.10. The van der Waals surface area contributed by atoms with Crippen LogP contribution in [0.5, 0.6) is 11.5 Å². The summed E-state index contributed by atoms with van der Waals surface area (Å²) in [4.78, 5) is 0.378. The molecule has 0 N–H and O–H groups in total. The molecule has 0 fully saturated rings. The molecule has 33 heavy (non-hydrogen) atoms. The van der Waals surface area contributed by atoms with Gasteiger partial charge in [-0.1, -0.05) is 72.8 Å². The maximum Gasteiger partial charge on any atom is 0.206 e. The van der Waals surface area contributed by atoms with E-state index in [1.54, 1.807) is 38.5 Å². The molecular weight excluding hydrogens is 432 g/mol. The first-order valence-electron chi connectivity index (χ1n) is 10.7. The number of hydrogen-bond donors (Lipinski definition) is 0. The van der Waals surface area contributed by atoms with Crippen molar-refractivity contribution in [2.45, 2.75) is 22.6 Å². The largest absolute Gasteiger partial charge is 0.496 e. The highest BCUT2D eigenvalue weighted by molar-refractivity contribution is 7.91. The van der Waals surface area contributed by atoms with Crippen LogP contribution in [0, 0.1) is 0 Å². The van der Waals surface area contributed by atoms with Crippen LogP contribution in [-0.2, 0) is 22.7 Å². The summed E-state index contributed by atoms with van der Waals surface area (Å²) in [6, 6.07) is 30.1. The maximum absolute atomic E-state index is 13.4. The fourth-order valence-electron chi connectivity index (χ4n) is 3.84. The molecule has 0 spiro atoms. The molecule has 0 bridgehead atoms. The number of hydrogen-bond acceptors (Lipinski definition) is 4. The van der Waals surface area contributed by atoms with Crippen molar-refractivity contribution in [1.82, 2.24) is 0 Å². The lowest BCUT2D eigenvalue weighted by Crippen LogP contribution is -2.05. The number of methoxy groups -OCH3 is 2. The van der Waals surface area contributed by atoms with E-state index in [4.69, 9.17) is 9.47 Å². The van der Waals surface area contributed by atoms with Crippen LogP contribution < -0.4 is 9.47 Å². The van der Waals surface area contributed by atoms with Gasteiger partial charge in [0.1, 0.15) is 11.5 Å². The minimum absolute atomic E-state index is 0.189. The van der Waals surface area contributed by atoms with E-state index >= 15 is 0 Å². The van der Waals surface area contributed by atoms with Gasteiger partial charge in [-0.2, -0.15) is 0 Å². The summed E-state index contributed by atoms with van der Waals surface area (Å²) in [5.74, 6) is 1.10. The molecular formula is C28H26O4S. The van der Waals surface area contributed by atoms with Crippen molar-refractivity contribution in [1.29, 1.82) is 0 Å². The Morgan fingerprint density at radius 2 is 0.970 bits per heavy atom. The molecule has 0 radical (unpaired) electrons. The van der Waals surface area contributed by atoms with Crippen LogP contribution in [0.25, 0.3) is 0 Å². The molecule has 0 aliphatic heterocycles. The quantitative estimate of drug-likeness (QED) is 0.339. The molecule has 4 rings (SSSR count). The van der Waals surface area contributed by atoms with E-state index in [-0.39, 0.29) is 9.79 Å². The molecule has 0 aliphatic rings. The van der Waals surface area contributed by atoms with Crippen molar-refractivity contribution < 1.29 is 17.9 Å². The average Bonchev–Trinajstić information content (AvgIpc) is 2.85. The predicted molar refractivity (Wildman–Crippen MR) is 130 cm³/mol. The van der Waals surface area contributed by atoms with Gasteiger partial charge >= 0.3 is 0 Å². The second-order valence-electron chi connectivity index (χ2n) is 7.78. The Bertz CT molecular complexity index is 1230. The van der Waals surface area contributed by atoms with E-state index in [0.29, 0.717) is 24.3 Å². The van der Waals surface area contributed by atoms with Gasteiger partial charge in [-0.05, 0) is 46.5 Å². The van der Waals surface area contributed by atoms with Crippen molar-refractivity contribution in [3.63, 3.8) is 0 Å². The molecule has 4 nitrogen and oxygen atoms in total. The van der Waals surface area contributed by atoms with Crippen LogP contribution in [0.1, 0.15) is 22.3 Å². The lowest BCUT2D eigenvalue weighted by atomic mass is 10.0. The first-order chi connectivity index (χ1) is 16.0. The highest BCUT2D eigenvalue weighted by Gasteiger charge is 2.21. The van der Waals surface area contributed by atoms with Crippen molar-refractivity contribution in [2.24, 2.45) is 0 Å². The number of benzene rings is 4. The Morgan fingerprint density at radius 3 is 1.33 bits per heavy atom. The summed E-state index contributed by atoms with van der Waals surface area (Å²) in [7, 11) is -0.629. The maximum atomic E-state index is 13.4. The van der Waals surface area contributed by atoms with E-state index in [2.05, 4.69) is 0 Å². The molecule has 0 unspecified atom stereocenters. The molecule has 168 valence electrons. The summed E-state index contributed by atoms with van der Waals surface area (Å²) < 4.78 is 37.9. The molecule has 0 amide bonds. The first-order valence-corrected chi connectivity index (χ1v) is 12.2. The van der Waals surface area contributed by atoms with Crippen molar-refractivity contribution in [3.8, 4) is 11.5 Å². The monoisotopic (exact) mass is 458 g/mol. The summed E-state index contributed by atoms with van der Waals surface area (Å²) in [5, 5.41) is 0. The smallest absolute Gasteiger partial charge is 0.206 e. The Hall–Kier alpha value is -3.57. The molecule has 0 heterocycles. The average molecular weight is 459 g/mol. The molecule has 0 aliphatic carbocycles. The van der Waals surface area contributed by atoms with Crippen LogP contribution >= 0.6 is 0 Å². The minimum Gasteiger partial charge on any atom is -0.496 e. The van der Waals surface area contributed by atoms with Gasteiger partial charge in [0.05, 0.1) is 24.0 Å². The molecule has 0 saturated carbocycles. The van der Waals surface area contributed by atoms with E-state index in [1.165, 1.54) is 0 Å². The van der Waals surface area contributed by atoms with Gasteiger partial charge in [0.25, 0.3) is 0 Å². The van der Waals surface area contributed by atoms with E-state index in [0.717, 1.165) is 22.3 Å². The van der Waals surface area contributed by atoms with E-state index < -0.39 is 9.84 Å². The number of sulfone groups is 1. The topological polar surface area (TPSA) is 52.6 Å². The van der Waals surface area contributed by atoms with Gasteiger partial charge in [0, 0.05) is 12.8 Å². The molecule has 4 aromatic rings. The van der Waals surface area contributed by atoms with Crippen LogP contribution in [0.3, 0.4) is 0 Å². The predicted octanol–water partition coefficient (Wildman–Crippen LogP) is 5.72. The van der Waals surface area contributed by atoms with E-state index in [9.17, 15) is 8.42 Å². The summed E-state index contributed by atoms with van der Waals surface area (Å²) in [6.45, 7) is 0. The van der Waals surface area contributed by atoms with Gasteiger partial charge in [-0.25, -0.2) is 8.42 Å². The first kappa shape index (κ1) is 22.6. The molecule has 0 aromatic heterocycles. The van der Waals surface area contributed by atoms with Crippen LogP contribution in [0.15, 0.2) is 107 Å². The second kappa shape index (κ2) is 9.92. The minimum atomic E-state index is -3.74. The Morgan fingerprint density at radius 1 is 0.576 bits per heavy atom. The molecule has 0 atom stereocenters. The van der Waals surface area contributed by atoms with Crippen LogP contribution in [0.2, 0.25) is 0 Å². The van der Waals surface area contributed by atoms with Crippen LogP contribution in [0.4, 0.5) is 0 Å². The highest BCUT2D eigenvalue weighted by Crippen LogP contribution is 2.32. The summed E-state index contributed by atoms with van der Waals surface area (Å²) in [6.07, 6.45) is 1.32. The zero-order chi connectivity index (χ0) is 23.3. The normalized spacial score (nSPS) is 11.2. The third-order valence-corrected chi connectivity index (χ3v) is 7.36. The third-order valence-electron chi connectivity index (χ3n) is 5.61. The Labute approximate surface area is 195 Å². The molecule has 5 heteroatoms. The fraction of sp³-hybridized carbons (Fsp3) is 0.143. The highest BCUT2D eigenvalue weighted by atomic mass is 32.2. The summed E-state index contributed by atoms with van der Waals surface area (Å²) >= 11 is 0. The Kier molecular flexibility index (Phi) is 6.80. The van der Waals surface area contributed by atoms with Gasteiger partial charge in [0.15, 0.2) is 0 Å².